The van der Waals surface area contributed by atoms with Gasteiger partial charge in [0.05, 0.1) is 29.2 Å². The molecule has 2 amide bonds. The summed E-state index contributed by atoms with van der Waals surface area (Å²) in [5.41, 5.74) is 0.311. The molecule has 2 aromatic carbocycles. The number of aryl methyl sites for hydroxylation is 1. The second-order valence-electron chi connectivity index (χ2n) is 7.05. The van der Waals surface area contributed by atoms with Gasteiger partial charge in [-0.05, 0) is 36.8 Å². The van der Waals surface area contributed by atoms with Gasteiger partial charge in [0.2, 0.25) is 11.8 Å². The first-order valence-electron chi connectivity index (χ1n) is 9.55. The van der Waals surface area contributed by atoms with Crippen LogP contribution >= 0.6 is 23.4 Å². The van der Waals surface area contributed by atoms with Crippen molar-refractivity contribution in [3.8, 4) is 5.69 Å². The summed E-state index contributed by atoms with van der Waals surface area (Å²) in [5, 5.41) is 11.1. The molecule has 0 saturated carbocycles. The molecular weight excluding hydrogens is 479 g/mol. The zero-order chi connectivity index (χ0) is 24.2. The van der Waals surface area contributed by atoms with Gasteiger partial charge in [-0.3, -0.25) is 14.2 Å². The van der Waals surface area contributed by atoms with E-state index in [1.165, 1.54) is 25.5 Å². The van der Waals surface area contributed by atoms with Crippen LogP contribution in [0.5, 0.6) is 0 Å². The lowest BCUT2D eigenvalue weighted by atomic mass is 10.1. The molecule has 33 heavy (non-hydrogen) atoms. The number of hydrogen-bond acceptors (Lipinski definition) is 5. The summed E-state index contributed by atoms with van der Waals surface area (Å²) >= 11 is 7.28. The number of hydrogen-bond donors (Lipinski definition) is 1. The van der Waals surface area contributed by atoms with Gasteiger partial charge in [0, 0.05) is 12.1 Å². The monoisotopic (exact) mass is 497 g/mol. The Morgan fingerprint density at radius 1 is 1.21 bits per heavy atom. The Labute approximate surface area is 196 Å². The molecule has 7 nitrogen and oxygen atoms in total. The summed E-state index contributed by atoms with van der Waals surface area (Å²) in [6.45, 7) is 1.46. The molecule has 0 radical (unpaired) electrons. The maximum Gasteiger partial charge on any atom is 0.418 e. The smallest absolute Gasteiger partial charge is 0.336 e. The fourth-order valence-electron chi connectivity index (χ4n) is 2.80. The first-order valence-corrected chi connectivity index (χ1v) is 10.9. The Bertz CT molecular complexity index is 1170. The highest BCUT2D eigenvalue weighted by molar-refractivity contribution is 7.99. The predicted molar refractivity (Wildman–Crippen MR) is 120 cm³/mol. The number of anilines is 1. The van der Waals surface area contributed by atoms with Gasteiger partial charge in [-0.2, -0.15) is 13.2 Å². The van der Waals surface area contributed by atoms with Gasteiger partial charge in [-0.15, -0.1) is 10.2 Å². The SMILES string of the molecule is Cc1ccc(-n2cnnc2SCC(=O)N(C)CC(=O)Nc2ccccc2C(F)(F)F)cc1Cl. The minimum absolute atomic E-state index is 0.0544. The number of rotatable bonds is 7. The molecule has 0 atom stereocenters. The molecule has 3 rings (SSSR count). The highest BCUT2D eigenvalue weighted by Gasteiger charge is 2.33. The Morgan fingerprint density at radius 3 is 2.64 bits per heavy atom. The van der Waals surface area contributed by atoms with E-state index in [-0.39, 0.29) is 11.4 Å². The first kappa shape index (κ1) is 24.6. The second-order valence-corrected chi connectivity index (χ2v) is 8.40. The molecular formula is C21H19ClF3N5O2S. The van der Waals surface area contributed by atoms with E-state index in [2.05, 4.69) is 15.5 Å². The van der Waals surface area contributed by atoms with Gasteiger partial charge in [0.1, 0.15) is 6.33 Å². The molecule has 12 heteroatoms. The molecule has 0 aliphatic heterocycles. The highest BCUT2D eigenvalue weighted by Crippen LogP contribution is 2.34. The summed E-state index contributed by atoms with van der Waals surface area (Å²) < 4.78 is 40.9. The molecule has 0 aliphatic carbocycles. The van der Waals surface area contributed by atoms with Crippen molar-refractivity contribution in [3.63, 3.8) is 0 Å². The Balaban J connectivity index is 1.59. The van der Waals surface area contributed by atoms with Crippen molar-refractivity contribution in [2.24, 2.45) is 0 Å². The van der Waals surface area contributed by atoms with Gasteiger partial charge in [0.25, 0.3) is 0 Å². The lowest BCUT2D eigenvalue weighted by Crippen LogP contribution is -2.36. The summed E-state index contributed by atoms with van der Waals surface area (Å²) in [6, 6.07) is 10.1. The normalized spacial score (nSPS) is 11.3. The van der Waals surface area contributed by atoms with Crippen molar-refractivity contribution >= 4 is 40.9 Å². The van der Waals surface area contributed by atoms with Crippen LogP contribution in [0.1, 0.15) is 11.1 Å². The molecule has 0 aliphatic rings. The van der Waals surface area contributed by atoms with Crippen LogP contribution in [0.25, 0.3) is 5.69 Å². The van der Waals surface area contributed by atoms with Gasteiger partial charge >= 0.3 is 6.18 Å². The van der Waals surface area contributed by atoms with Gasteiger partial charge < -0.3 is 10.2 Å². The minimum atomic E-state index is -4.61. The number of alkyl halides is 3. The number of nitrogens with one attached hydrogen (secondary N) is 1. The van der Waals surface area contributed by atoms with E-state index in [0.717, 1.165) is 40.0 Å². The van der Waals surface area contributed by atoms with E-state index >= 15 is 0 Å². The molecule has 0 unspecified atom stereocenters. The number of carbonyl (C=O) groups excluding carboxylic acids is 2. The Morgan fingerprint density at radius 2 is 1.94 bits per heavy atom. The number of thioether (sulfide) groups is 1. The van der Waals surface area contributed by atoms with E-state index < -0.39 is 30.1 Å². The molecule has 0 bridgehead atoms. The van der Waals surface area contributed by atoms with E-state index in [9.17, 15) is 22.8 Å². The van der Waals surface area contributed by atoms with Gasteiger partial charge in [0.15, 0.2) is 5.16 Å². The maximum absolute atomic E-state index is 13.1. The minimum Gasteiger partial charge on any atom is -0.336 e. The quantitative estimate of drug-likeness (QED) is 0.488. The molecule has 1 aromatic heterocycles. The van der Waals surface area contributed by atoms with E-state index in [1.54, 1.807) is 10.6 Å². The van der Waals surface area contributed by atoms with E-state index in [1.807, 2.05) is 19.1 Å². The third-order valence-corrected chi connectivity index (χ3v) is 5.92. The summed E-state index contributed by atoms with van der Waals surface area (Å²) in [5.74, 6) is -1.21. The number of aromatic nitrogens is 3. The molecule has 1 heterocycles. The molecule has 3 aromatic rings. The number of likely N-dealkylation sites (N-methyl/N-ethyl adjacent to an activating group) is 1. The lowest BCUT2D eigenvalue weighted by molar-refractivity contribution is -0.137. The molecule has 0 saturated heterocycles. The van der Waals surface area contributed by atoms with Crippen LogP contribution < -0.4 is 5.32 Å². The third-order valence-electron chi connectivity index (χ3n) is 4.59. The number of halogens is 4. The van der Waals surface area contributed by atoms with E-state index in [0.29, 0.717) is 10.2 Å². The lowest BCUT2D eigenvalue weighted by Gasteiger charge is -2.18. The van der Waals surface area contributed by atoms with E-state index in [4.69, 9.17) is 11.6 Å². The van der Waals surface area contributed by atoms with Crippen LogP contribution in [0.4, 0.5) is 18.9 Å². The fourth-order valence-corrected chi connectivity index (χ4v) is 3.84. The van der Waals surface area contributed by atoms with Crippen LogP contribution in [0.3, 0.4) is 0 Å². The highest BCUT2D eigenvalue weighted by atomic mass is 35.5. The Kier molecular flexibility index (Phi) is 7.65. The average molecular weight is 498 g/mol. The van der Waals surface area contributed by atoms with Gasteiger partial charge in [-0.25, -0.2) is 0 Å². The van der Waals surface area contributed by atoms with Crippen LogP contribution in [0.15, 0.2) is 53.9 Å². The van der Waals surface area contributed by atoms with Crippen LogP contribution in [0.2, 0.25) is 5.02 Å². The van der Waals surface area contributed by atoms with Crippen LogP contribution in [-0.4, -0.2) is 50.8 Å². The fraction of sp³-hybridized carbons (Fsp3) is 0.238. The largest absolute Gasteiger partial charge is 0.418 e. The van der Waals surface area contributed by atoms with Gasteiger partial charge in [-0.1, -0.05) is 41.6 Å². The van der Waals surface area contributed by atoms with Crippen molar-refractivity contribution in [2.45, 2.75) is 18.3 Å². The van der Waals surface area contributed by atoms with Crippen molar-refractivity contribution in [1.29, 1.82) is 0 Å². The molecule has 174 valence electrons. The van der Waals surface area contributed by atoms with Crippen molar-refractivity contribution in [2.75, 3.05) is 24.7 Å². The number of nitrogens with zero attached hydrogens (tertiary/aromatic N) is 4. The van der Waals surface area contributed by atoms with Crippen LogP contribution in [0, 0.1) is 6.92 Å². The standard InChI is InChI=1S/C21H19ClF3N5O2S/c1-13-7-8-14(9-16(13)22)30-12-26-28-20(30)33-11-19(32)29(2)10-18(31)27-17-6-4-3-5-15(17)21(23,24)25/h3-9,12H,10-11H2,1-2H3,(H,27,31). The molecule has 0 fully saturated rings. The number of benzene rings is 2. The summed E-state index contributed by atoms with van der Waals surface area (Å²) in [7, 11) is 1.39. The van der Waals surface area contributed by atoms with Crippen molar-refractivity contribution in [3.05, 3.63) is 64.9 Å². The van der Waals surface area contributed by atoms with Crippen molar-refractivity contribution in [1.82, 2.24) is 19.7 Å². The maximum atomic E-state index is 13.1. The number of para-hydroxylation sites is 1. The number of carbonyl (C=O) groups is 2. The van der Waals surface area contributed by atoms with Crippen LogP contribution in [-0.2, 0) is 15.8 Å². The zero-order valence-corrected chi connectivity index (χ0v) is 19.1. The third kappa shape index (κ3) is 6.26. The molecule has 0 spiro atoms. The Hall–Kier alpha value is -3.05. The average Bonchev–Trinajstić information content (AvgIpc) is 3.22. The topological polar surface area (TPSA) is 80.1 Å². The first-order chi connectivity index (χ1) is 15.6. The zero-order valence-electron chi connectivity index (χ0n) is 17.6. The van der Waals surface area contributed by atoms with Crippen molar-refractivity contribution < 1.29 is 22.8 Å². The molecule has 1 N–H and O–H groups in total. The predicted octanol–water partition coefficient (Wildman–Crippen LogP) is 4.44. The number of amides is 2. The summed E-state index contributed by atoms with van der Waals surface area (Å²) in [6.07, 6.45) is -3.12. The summed E-state index contributed by atoms with van der Waals surface area (Å²) in [4.78, 5) is 25.8. The second kappa shape index (κ2) is 10.3.